The van der Waals surface area contributed by atoms with Crippen LogP contribution < -0.4 is 11.4 Å². The van der Waals surface area contributed by atoms with E-state index in [4.69, 9.17) is 5.11 Å². The van der Waals surface area contributed by atoms with E-state index in [1.807, 2.05) is 0 Å². The predicted molar refractivity (Wildman–Crippen MR) is 42.1 cm³/mol. The Labute approximate surface area is 67.8 Å². The number of hydrogen-bond donors (Lipinski definition) is 3. The fraction of sp³-hybridized carbons (Fsp3) is 0.667. The number of nitrogens with zero attached hydrogens (tertiary/aromatic N) is 1. The van der Waals surface area contributed by atoms with Gasteiger partial charge in [0, 0.05) is 0 Å². The van der Waals surface area contributed by atoms with Crippen molar-refractivity contribution in [3.05, 3.63) is 21.0 Å². The van der Waals surface area contributed by atoms with Crippen LogP contribution in [0.15, 0.2) is 9.59 Å². The molecule has 0 radical (unpaired) electrons. The maximum absolute atomic E-state index is 11.0. The lowest BCUT2D eigenvalue weighted by Gasteiger charge is -2.20. The lowest BCUT2D eigenvalue weighted by atomic mass is 10.1. The maximum Gasteiger partial charge on any atom is 0.344 e. The molecule has 0 aliphatic rings. The number of aromatic nitrogens is 3. The minimum absolute atomic E-state index is 0.270. The van der Waals surface area contributed by atoms with Gasteiger partial charge in [0.05, 0.1) is 12.1 Å². The Morgan fingerprint density at radius 3 is 2.08 bits per heavy atom. The Bertz CT molecular complexity index is 342. The molecule has 0 atom stereocenters. The van der Waals surface area contributed by atoms with Gasteiger partial charge in [-0.1, -0.05) is 0 Å². The molecule has 0 amide bonds. The monoisotopic (exact) mass is 173 g/mol. The number of nitrogens with one attached hydrogen (secondary N) is 2. The van der Waals surface area contributed by atoms with Crippen LogP contribution in [0.3, 0.4) is 0 Å². The van der Waals surface area contributed by atoms with Crippen LogP contribution in [-0.4, -0.2) is 26.5 Å². The third kappa shape index (κ3) is 1.20. The van der Waals surface area contributed by atoms with Crippen molar-refractivity contribution in [1.29, 1.82) is 0 Å². The minimum atomic E-state index is -0.870. The van der Waals surface area contributed by atoms with E-state index in [1.165, 1.54) is 0 Å². The number of H-pyrrole nitrogens is 2. The second-order valence-electron chi connectivity index (χ2n) is 3.17. The summed E-state index contributed by atoms with van der Waals surface area (Å²) in [5.74, 6) is 0. The van der Waals surface area contributed by atoms with E-state index >= 15 is 0 Å². The summed E-state index contributed by atoms with van der Waals surface area (Å²) in [4.78, 5) is 22.0. The van der Waals surface area contributed by atoms with Crippen molar-refractivity contribution in [2.75, 3.05) is 6.61 Å². The van der Waals surface area contributed by atoms with Crippen LogP contribution in [0.2, 0.25) is 0 Å². The highest BCUT2D eigenvalue weighted by molar-refractivity contribution is 4.81. The van der Waals surface area contributed by atoms with Crippen LogP contribution in [-0.2, 0) is 5.54 Å². The third-order valence-electron chi connectivity index (χ3n) is 1.67. The Morgan fingerprint density at radius 2 is 1.75 bits per heavy atom. The van der Waals surface area contributed by atoms with Gasteiger partial charge in [0.2, 0.25) is 0 Å². The summed E-state index contributed by atoms with van der Waals surface area (Å²) >= 11 is 0. The SMILES string of the molecule is CC(C)(CO)n1c(=O)[nH][nH]c1=O. The molecule has 12 heavy (non-hydrogen) atoms. The highest BCUT2D eigenvalue weighted by atomic mass is 16.3. The van der Waals surface area contributed by atoms with Crippen LogP contribution in [0.4, 0.5) is 0 Å². The van der Waals surface area contributed by atoms with Crippen LogP contribution in [0.25, 0.3) is 0 Å². The Hall–Kier alpha value is -1.30. The van der Waals surface area contributed by atoms with Gasteiger partial charge < -0.3 is 5.11 Å². The van der Waals surface area contributed by atoms with Crippen LogP contribution >= 0.6 is 0 Å². The highest BCUT2D eigenvalue weighted by Crippen LogP contribution is 2.06. The van der Waals surface area contributed by atoms with Crippen LogP contribution in [0.5, 0.6) is 0 Å². The zero-order valence-corrected chi connectivity index (χ0v) is 6.92. The molecule has 0 aliphatic heterocycles. The molecular formula is C6H11N3O3. The molecular weight excluding hydrogens is 162 g/mol. The molecule has 1 heterocycles. The first-order valence-corrected chi connectivity index (χ1v) is 3.50. The van der Waals surface area contributed by atoms with Gasteiger partial charge >= 0.3 is 11.4 Å². The molecule has 68 valence electrons. The number of aliphatic hydroxyl groups is 1. The number of rotatable bonds is 2. The average Bonchev–Trinajstić information content (AvgIpc) is 2.31. The maximum atomic E-state index is 11.0. The largest absolute Gasteiger partial charge is 0.394 e. The van der Waals surface area contributed by atoms with E-state index in [0.717, 1.165) is 4.57 Å². The summed E-state index contributed by atoms with van der Waals surface area (Å²) in [6, 6.07) is 0. The number of hydrogen-bond acceptors (Lipinski definition) is 3. The zero-order valence-electron chi connectivity index (χ0n) is 6.92. The van der Waals surface area contributed by atoms with Crippen molar-refractivity contribution in [2.24, 2.45) is 0 Å². The zero-order chi connectivity index (χ0) is 9.35. The topological polar surface area (TPSA) is 90.9 Å². The van der Waals surface area contributed by atoms with Gasteiger partial charge in [-0.3, -0.25) is 0 Å². The van der Waals surface area contributed by atoms with E-state index in [9.17, 15) is 9.59 Å². The lowest BCUT2D eigenvalue weighted by molar-refractivity contribution is 0.158. The van der Waals surface area contributed by atoms with Gasteiger partial charge in [-0.05, 0) is 13.8 Å². The molecule has 1 aromatic heterocycles. The summed E-state index contributed by atoms with van der Waals surface area (Å²) in [6.07, 6.45) is 0. The Balaban J connectivity index is 3.36. The van der Waals surface area contributed by atoms with Gasteiger partial charge in [-0.2, -0.15) is 0 Å². The third-order valence-corrected chi connectivity index (χ3v) is 1.67. The van der Waals surface area contributed by atoms with E-state index in [2.05, 4.69) is 10.2 Å². The van der Waals surface area contributed by atoms with Gasteiger partial charge in [0.1, 0.15) is 0 Å². The predicted octanol–water partition coefficient (Wildman–Crippen LogP) is -1.41. The molecule has 0 spiro atoms. The lowest BCUT2D eigenvalue weighted by Crippen LogP contribution is -2.44. The van der Waals surface area contributed by atoms with E-state index in [-0.39, 0.29) is 6.61 Å². The molecule has 6 heteroatoms. The summed E-state index contributed by atoms with van der Waals surface area (Å²) in [5, 5.41) is 13.2. The first-order chi connectivity index (χ1) is 5.49. The molecule has 1 aromatic rings. The molecule has 3 N–H and O–H groups in total. The average molecular weight is 173 g/mol. The molecule has 0 aromatic carbocycles. The van der Waals surface area contributed by atoms with Crippen molar-refractivity contribution in [3.8, 4) is 0 Å². The van der Waals surface area contributed by atoms with Crippen LogP contribution in [0.1, 0.15) is 13.8 Å². The molecule has 0 bridgehead atoms. The van der Waals surface area contributed by atoms with E-state index in [0.29, 0.717) is 0 Å². The van der Waals surface area contributed by atoms with Crippen LogP contribution in [0, 0.1) is 0 Å². The summed E-state index contributed by atoms with van der Waals surface area (Å²) in [6.45, 7) is 2.92. The summed E-state index contributed by atoms with van der Waals surface area (Å²) < 4.78 is 0.937. The number of aliphatic hydroxyl groups excluding tert-OH is 1. The van der Waals surface area contributed by atoms with Crippen molar-refractivity contribution in [1.82, 2.24) is 14.8 Å². The molecule has 0 aliphatic carbocycles. The fourth-order valence-corrected chi connectivity index (χ4v) is 0.931. The van der Waals surface area contributed by atoms with Crippen molar-refractivity contribution in [2.45, 2.75) is 19.4 Å². The second-order valence-corrected chi connectivity index (χ2v) is 3.17. The molecule has 6 nitrogen and oxygen atoms in total. The molecule has 0 fully saturated rings. The summed E-state index contributed by atoms with van der Waals surface area (Å²) in [5.41, 5.74) is -1.96. The minimum Gasteiger partial charge on any atom is -0.394 e. The van der Waals surface area contributed by atoms with Crippen molar-refractivity contribution in [3.63, 3.8) is 0 Å². The van der Waals surface area contributed by atoms with Gasteiger partial charge in [-0.25, -0.2) is 24.4 Å². The van der Waals surface area contributed by atoms with Crippen molar-refractivity contribution >= 4 is 0 Å². The Morgan fingerprint density at radius 1 is 1.33 bits per heavy atom. The smallest absolute Gasteiger partial charge is 0.344 e. The first kappa shape index (κ1) is 8.79. The molecule has 0 saturated carbocycles. The second kappa shape index (κ2) is 2.63. The van der Waals surface area contributed by atoms with Crippen molar-refractivity contribution < 1.29 is 5.11 Å². The van der Waals surface area contributed by atoms with E-state index in [1.54, 1.807) is 13.8 Å². The van der Waals surface area contributed by atoms with Gasteiger partial charge in [-0.15, -0.1) is 0 Å². The first-order valence-electron chi connectivity index (χ1n) is 3.50. The quantitative estimate of drug-likeness (QED) is 0.513. The Kier molecular flexibility index (Phi) is 1.93. The standard InChI is InChI=1S/C6H11N3O3/c1-6(2,3-10)9-4(11)7-8-5(9)12/h10H,3H2,1-2H3,(H,7,11)(H,8,12). The highest BCUT2D eigenvalue weighted by Gasteiger charge is 2.23. The molecule has 0 saturated heterocycles. The number of aromatic amines is 2. The van der Waals surface area contributed by atoms with Gasteiger partial charge in [0.25, 0.3) is 0 Å². The van der Waals surface area contributed by atoms with Gasteiger partial charge in [0.15, 0.2) is 0 Å². The fourth-order valence-electron chi connectivity index (χ4n) is 0.931. The molecule has 1 rings (SSSR count). The van der Waals surface area contributed by atoms with E-state index < -0.39 is 16.9 Å². The molecule has 0 unspecified atom stereocenters. The summed E-state index contributed by atoms with van der Waals surface area (Å²) in [7, 11) is 0. The normalized spacial score (nSPS) is 11.9.